The summed E-state index contributed by atoms with van der Waals surface area (Å²) in [7, 11) is 0. The second kappa shape index (κ2) is 7.38. The summed E-state index contributed by atoms with van der Waals surface area (Å²) in [5.74, 6) is 0.883. The summed E-state index contributed by atoms with van der Waals surface area (Å²) in [4.78, 5) is 16.0. The first-order valence-electron chi connectivity index (χ1n) is 6.09. The summed E-state index contributed by atoms with van der Waals surface area (Å²) >= 11 is 1.60. The van der Waals surface area contributed by atoms with Gasteiger partial charge in [-0.15, -0.1) is 11.8 Å². The number of thioether (sulfide) groups is 1. The second-order valence-corrected chi connectivity index (χ2v) is 5.62. The number of aromatic nitrogens is 1. The monoisotopic (exact) mass is 268 g/mol. The number of carbonyl (C=O) groups excluding carboxylic acids is 1. The third kappa shape index (κ3) is 4.66. The molecule has 1 aromatic rings. The van der Waals surface area contributed by atoms with E-state index in [0.29, 0.717) is 5.56 Å². The molecule has 0 aliphatic carbocycles. The summed E-state index contributed by atoms with van der Waals surface area (Å²) in [6.07, 6.45) is 1.12. The van der Waals surface area contributed by atoms with E-state index >= 15 is 0 Å². The third-order valence-corrected chi connectivity index (χ3v) is 3.34. The molecule has 5 heteroatoms. The fourth-order valence-corrected chi connectivity index (χ4v) is 1.95. The Hall–Kier alpha value is -1.07. The molecule has 1 rings (SSSR count). The van der Waals surface area contributed by atoms with Crippen LogP contribution in [0.15, 0.2) is 23.4 Å². The number of amides is 1. The van der Waals surface area contributed by atoms with Crippen LogP contribution in [0.25, 0.3) is 0 Å². The fraction of sp³-hybridized carbons (Fsp3) is 0.538. The summed E-state index contributed by atoms with van der Waals surface area (Å²) in [6, 6.07) is 3.45. The molecule has 18 heavy (non-hydrogen) atoms. The number of carbonyl (C=O) groups is 1. The Morgan fingerprint density at radius 3 is 2.89 bits per heavy atom. The van der Waals surface area contributed by atoms with Crippen LogP contribution in [-0.4, -0.2) is 34.4 Å². The first kappa shape index (κ1) is 15.0. The molecule has 2 N–H and O–H groups in total. The molecular formula is C13H20N2O2S. The van der Waals surface area contributed by atoms with Crippen LogP contribution in [0.2, 0.25) is 0 Å². The zero-order valence-corrected chi connectivity index (χ0v) is 11.8. The summed E-state index contributed by atoms with van der Waals surface area (Å²) in [6.45, 7) is 6.14. The molecule has 0 radical (unpaired) electrons. The maximum absolute atomic E-state index is 11.9. The van der Waals surface area contributed by atoms with Crippen molar-refractivity contribution in [2.45, 2.75) is 31.9 Å². The summed E-state index contributed by atoms with van der Waals surface area (Å²) in [5, 5.41) is 13.2. The summed E-state index contributed by atoms with van der Waals surface area (Å²) in [5.41, 5.74) is 0.580. The number of hydrogen-bond donors (Lipinski definition) is 2. The lowest BCUT2D eigenvalue weighted by atomic mass is 10.1. The van der Waals surface area contributed by atoms with Crippen molar-refractivity contribution in [3.8, 4) is 0 Å². The first-order valence-corrected chi connectivity index (χ1v) is 7.08. The van der Waals surface area contributed by atoms with Crippen LogP contribution in [-0.2, 0) is 0 Å². The zero-order valence-electron chi connectivity index (χ0n) is 11.0. The molecule has 0 aliphatic heterocycles. The van der Waals surface area contributed by atoms with Gasteiger partial charge in [-0.05, 0) is 23.8 Å². The van der Waals surface area contributed by atoms with Gasteiger partial charge in [0.1, 0.15) is 0 Å². The van der Waals surface area contributed by atoms with Crippen LogP contribution in [0.4, 0.5) is 0 Å². The average Bonchev–Trinajstić information content (AvgIpc) is 2.36. The molecule has 0 aliphatic rings. The number of nitrogens with one attached hydrogen (secondary N) is 1. The standard InChI is InChI=1S/C13H20N2O2S/c1-4-18-12-7-10(5-6-14-12)13(17)15-8-11(16)9(2)3/h5-7,9,11,16H,4,8H2,1-3H3,(H,15,17). The number of rotatable bonds is 6. The van der Waals surface area contributed by atoms with Crippen LogP contribution in [0.5, 0.6) is 0 Å². The van der Waals surface area contributed by atoms with Gasteiger partial charge in [-0.1, -0.05) is 20.8 Å². The van der Waals surface area contributed by atoms with Gasteiger partial charge in [-0.25, -0.2) is 4.98 Å². The Balaban J connectivity index is 2.58. The minimum atomic E-state index is -0.514. The number of aliphatic hydroxyl groups excluding tert-OH is 1. The highest BCUT2D eigenvalue weighted by Gasteiger charge is 2.12. The lowest BCUT2D eigenvalue weighted by Crippen LogP contribution is -2.34. The van der Waals surface area contributed by atoms with Gasteiger partial charge < -0.3 is 10.4 Å². The normalized spacial score (nSPS) is 12.5. The number of aliphatic hydroxyl groups is 1. The van der Waals surface area contributed by atoms with Crippen LogP contribution < -0.4 is 5.32 Å². The highest BCUT2D eigenvalue weighted by Crippen LogP contribution is 2.15. The van der Waals surface area contributed by atoms with E-state index in [-0.39, 0.29) is 18.4 Å². The lowest BCUT2D eigenvalue weighted by molar-refractivity contribution is 0.0871. The molecule has 0 fully saturated rings. The topological polar surface area (TPSA) is 62.2 Å². The Labute approximate surface area is 112 Å². The van der Waals surface area contributed by atoms with Crippen LogP contribution in [0, 0.1) is 5.92 Å². The predicted octanol–water partition coefficient (Wildman–Crippen LogP) is 1.94. The number of nitrogens with zero attached hydrogens (tertiary/aromatic N) is 1. The lowest BCUT2D eigenvalue weighted by Gasteiger charge is -2.15. The maximum Gasteiger partial charge on any atom is 0.251 e. The van der Waals surface area contributed by atoms with E-state index in [1.54, 1.807) is 30.1 Å². The highest BCUT2D eigenvalue weighted by molar-refractivity contribution is 7.99. The molecule has 0 spiro atoms. The van der Waals surface area contributed by atoms with Gasteiger partial charge in [-0.3, -0.25) is 4.79 Å². The van der Waals surface area contributed by atoms with Crippen molar-refractivity contribution in [1.29, 1.82) is 0 Å². The van der Waals surface area contributed by atoms with E-state index < -0.39 is 6.10 Å². The highest BCUT2D eigenvalue weighted by atomic mass is 32.2. The molecule has 4 nitrogen and oxygen atoms in total. The maximum atomic E-state index is 11.9. The zero-order chi connectivity index (χ0) is 13.5. The van der Waals surface area contributed by atoms with Crippen molar-refractivity contribution in [3.63, 3.8) is 0 Å². The van der Waals surface area contributed by atoms with E-state index in [1.165, 1.54) is 0 Å². The Morgan fingerprint density at radius 2 is 2.28 bits per heavy atom. The summed E-state index contributed by atoms with van der Waals surface area (Å²) < 4.78 is 0. The molecule has 1 unspecified atom stereocenters. The largest absolute Gasteiger partial charge is 0.391 e. The predicted molar refractivity (Wildman–Crippen MR) is 73.8 cm³/mol. The van der Waals surface area contributed by atoms with Crippen molar-refractivity contribution >= 4 is 17.7 Å². The van der Waals surface area contributed by atoms with Crippen molar-refractivity contribution in [3.05, 3.63) is 23.9 Å². The fourth-order valence-electron chi connectivity index (χ4n) is 1.31. The van der Waals surface area contributed by atoms with E-state index in [0.717, 1.165) is 10.8 Å². The molecule has 1 amide bonds. The van der Waals surface area contributed by atoms with Crippen LogP contribution in [0.3, 0.4) is 0 Å². The van der Waals surface area contributed by atoms with Gasteiger partial charge in [-0.2, -0.15) is 0 Å². The SMILES string of the molecule is CCSc1cc(C(=O)NCC(O)C(C)C)ccn1. The van der Waals surface area contributed by atoms with Crippen LogP contribution >= 0.6 is 11.8 Å². The Bertz CT molecular complexity index is 396. The third-order valence-electron chi connectivity index (χ3n) is 2.53. The minimum absolute atomic E-state index is 0.133. The number of hydrogen-bond acceptors (Lipinski definition) is 4. The molecular weight excluding hydrogens is 248 g/mol. The Morgan fingerprint density at radius 1 is 1.56 bits per heavy atom. The van der Waals surface area contributed by atoms with E-state index in [1.807, 2.05) is 20.8 Å². The van der Waals surface area contributed by atoms with E-state index in [2.05, 4.69) is 10.3 Å². The first-order chi connectivity index (χ1) is 8.54. The van der Waals surface area contributed by atoms with Crippen molar-refractivity contribution in [1.82, 2.24) is 10.3 Å². The van der Waals surface area contributed by atoms with Gasteiger partial charge in [0.05, 0.1) is 11.1 Å². The van der Waals surface area contributed by atoms with Crippen LogP contribution in [0.1, 0.15) is 31.1 Å². The smallest absolute Gasteiger partial charge is 0.251 e. The van der Waals surface area contributed by atoms with E-state index in [9.17, 15) is 9.90 Å². The van der Waals surface area contributed by atoms with Gasteiger partial charge in [0.2, 0.25) is 0 Å². The molecule has 100 valence electrons. The molecule has 1 atom stereocenters. The van der Waals surface area contributed by atoms with Gasteiger partial charge in [0, 0.05) is 18.3 Å². The van der Waals surface area contributed by atoms with Gasteiger partial charge in [0.15, 0.2) is 0 Å². The Kier molecular flexibility index (Phi) is 6.15. The van der Waals surface area contributed by atoms with Gasteiger partial charge in [0.25, 0.3) is 5.91 Å². The quantitative estimate of drug-likeness (QED) is 0.774. The molecule has 0 aromatic carbocycles. The molecule has 0 saturated carbocycles. The van der Waals surface area contributed by atoms with Gasteiger partial charge >= 0.3 is 0 Å². The minimum Gasteiger partial charge on any atom is -0.391 e. The second-order valence-electron chi connectivity index (χ2n) is 4.34. The molecule has 1 heterocycles. The molecule has 0 bridgehead atoms. The number of pyridine rings is 1. The molecule has 1 aromatic heterocycles. The molecule has 0 saturated heterocycles. The van der Waals surface area contributed by atoms with E-state index in [4.69, 9.17) is 0 Å². The van der Waals surface area contributed by atoms with Crippen molar-refractivity contribution in [2.24, 2.45) is 5.92 Å². The van der Waals surface area contributed by atoms with Crippen molar-refractivity contribution < 1.29 is 9.90 Å². The van der Waals surface area contributed by atoms with Crippen molar-refractivity contribution in [2.75, 3.05) is 12.3 Å². The average molecular weight is 268 g/mol.